The molecule has 1 aromatic carbocycles. The van der Waals surface area contributed by atoms with E-state index in [-0.39, 0.29) is 23.3 Å². The summed E-state index contributed by atoms with van der Waals surface area (Å²) in [5.41, 5.74) is 6.51. The lowest BCUT2D eigenvalue weighted by Gasteiger charge is -2.31. The molecule has 0 fully saturated rings. The van der Waals surface area contributed by atoms with Gasteiger partial charge in [0.25, 0.3) is 0 Å². The predicted octanol–water partition coefficient (Wildman–Crippen LogP) is 5.16. The molecular weight excluding hydrogens is 506 g/mol. The second kappa shape index (κ2) is 14.9. The number of hydrogen-bond donors (Lipinski definition) is 2. The van der Waals surface area contributed by atoms with Crippen molar-refractivity contribution in [2.24, 2.45) is 35.3 Å². The minimum absolute atomic E-state index is 0.00978. The van der Waals surface area contributed by atoms with Crippen molar-refractivity contribution in [1.82, 2.24) is 0 Å². The topological polar surface area (TPSA) is 151 Å². The highest BCUT2D eigenvalue weighted by molar-refractivity contribution is 5.79. The highest BCUT2D eigenvalue weighted by Gasteiger charge is 2.36. The molecule has 10 nitrogen and oxygen atoms in total. The Morgan fingerprint density at radius 3 is 1.67 bits per heavy atom. The average molecular weight is 552 g/mol. The first-order valence-corrected chi connectivity index (χ1v) is 13.4. The SMILES string of the molecule is CC(C)OC(=O)OC(C)C(C)C(c1ccc(OC(=O)C(C)C(C)C)c(OC(=O)C(C)C(C)C)c1)[C@H](N)C(=O)O. The number of nitrogens with two attached hydrogens (primary N) is 1. The molecule has 3 N–H and O–H groups in total. The lowest BCUT2D eigenvalue weighted by molar-refractivity contribution is -0.142. The van der Waals surface area contributed by atoms with Crippen LogP contribution in [0.15, 0.2) is 18.2 Å². The maximum Gasteiger partial charge on any atom is 0.508 e. The van der Waals surface area contributed by atoms with E-state index in [4.69, 9.17) is 24.7 Å². The van der Waals surface area contributed by atoms with Crippen LogP contribution in [-0.4, -0.2) is 47.4 Å². The second-order valence-corrected chi connectivity index (χ2v) is 11.1. The van der Waals surface area contributed by atoms with Gasteiger partial charge in [-0.1, -0.05) is 54.5 Å². The Morgan fingerprint density at radius 2 is 1.23 bits per heavy atom. The van der Waals surface area contributed by atoms with Gasteiger partial charge in [-0.3, -0.25) is 14.4 Å². The van der Waals surface area contributed by atoms with Crippen molar-refractivity contribution < 1.29 is 43.2 Å². The first-order valence-electron chi connectivity index (χ1n) is 13.4. The van der Waals surface area contributed by atoms with Crippen LogP contribution in [0.3, 0.4) is 0 Å². The summed E-state index contributed by atoms with van der Waals surface area (Å²) in [5, 5.41) is 9.77. The van der Waals surface area contributed by atoms with E-state index in [1.807, 2.05) is 27.7 Å². The summed E-state index contributed by atoms with van der Waals surface area (Å²) in [7, 11) is 0. The fraction of sp³-hybridized carbons (Fsp3) is 0.655. The van der Waals surface area contributed by atoms with Crippen molar-refractivity contribution in [2.45, 2.75) is 93.4 Å². The number of carboxylic acids is 1. The zero-order chi connectivity index (χ0) is 30.2. The van der Waals surface area contributed by atoms with E-state index >= 15 is 0 Å². The summed E-state index contributed by atoms with van der Waals surface area (Å²) >= 11 is 0. The minimum atomic E-state index is -1.39. The lowest BCUT2D eigenvalue weighted by Crippen LogP contribution is -2.42. The third-order valence-corrected chi connectivity index (χ3v) is 7.11. The van der Waals surface area contributed by atoms with E-state index in [2.05, 4.69) is 0 Å². The van der Waals surface area contributed by atoms with Gasteiger partial charge in [0, 0.05) is 11.8 Å². The van der Waals surface area contributed by atoms with Crippen molar-refractivity contribution in [2.75, 3.05) is 0 Å². The predicted molar refractivity (Wildman–Crippen MR) is 145 cm³/mol. The maximum atomic E-state index is 12.9. The molecule has 0 aliphatic rings. The molecule has 0 heterocycles. The molecule has 0 aliphatic carbocycles. The average Bonchev–Trinajstić information content (AvgIpc) is 2.83. The Bertz CT molecular complexity index is 1000. The van der Waals surface area contributed by atoms with Crippen molar-refractivity contribution in [1.29, 1.82) is 0 Å². The van der Waals surface area contributed by atoms with Crippen LogP contribution in [-0.2, 0) is 23.9 Å². The highest BCUT2D eigenvalue weighted by atomic mass is 16.7. The number of hydrogen-bond acceptors (Lipinski definition) is 9. The van der Waals surface area contributed by atoms with Gasteiger partial charge in [0.15, 0.2) is 11.5 Å². The molecule has 0 saturated heterocycles. The Hall–Kier alpha value is -3.14. The Morgan fingerprint density at radius 1 is 0.744 bits per heavy atom. The van der Waals surface area contributed by atoms with Crippen LogP contribution in [0.1, 0.15) is 80.7 Å². The molecule has 220 valence electrons. The van der Waals surface area contributed by atoms with Crippen LogP contribution in [0.5, 0.6) is 11.5 Å². The molecule has 0 bridgehead atoms. The van der Waals surface area contributed by atoms with Gasteiger partial charge < -0.3 is 29.8 Å². The van der Waals surface area contributed by atoms with Crippen LogP contribution in [0.25, 0.3) is 0 Å². The maximum absolute atomic E-state index is 12.9. The highest BCUT2D eigenvalue weighted by Crippen LogP contribution is 2.38. The van der Waals surface area contributed by atoms with Crippen LogP contribution in [0, 0.1) is 29.6 Å². The van der Waals surface area contributed by atoms with E-state index in [1.165, 1.54) is 12.1 Å². The molecule has 39 heavy (non-hydrogen) atoms. The van der Waals surface area contributed by atoms with E-state index in [0.29, 0.717) is 5.56 Å². The largest absolute Gasteiger partial charge is 0.508 e. The summed E-state index contributed by atoms with van der Waals surface area (Å²) in [5.74, 6) is -4.62. The molecule has 0 aromatic heterocycles. The first-order chi connectivity index (χ1) is 18.0. The number of carboxylic acid groups (broad SMARTS) is 1. The quantitative estimate of drug-likeness (QED) is 0.248. The Labute approximate surface area is 231 Å². The van der Waals surface area contributed by atoms with Gasteiger partial charge in [0.2, 0.25) is 0 Å². The normalized spacial score (nSPS) is 16.2. The molecule has 0 saturated carbocycles. The van der Waals surface area contributed by atoms with Gasteiger partial charge >= 0.3 is 24.1 Å². The van der Waals surface area contributed by atoms with Crippen LogP contribution in [0.4, 0.5) is 4.79 Å². The molecular formula is C29H45NO9. The fourth-order valence-electron chi connectivity index (χ4n) is 3.61. The molecule has 0 radical (unpaired) electrons. The van der Waals surface area contributed by atoms with Gasteiger partial charge in [0.05, 0.1) is 17.9 Å². The second-order valence-electron chi connectivity index (χ2n) is 11.1. The van der Waals surface area contributed by atoms with Crippen molar-refractivity contribution in [3.8, 4) is 11.5 Å². The van der Waals surface area contributed by atoms with E-state index in [0.717, 1.165) is 0 Å². The molecule has 6 atom stereocenters. The smallest absolute Gasteiger partial charge is 0.480 e. The Balaban J connectivity index is 3.54. The van der Waals surface area contributed by atoms with Gasteiger partial charge in [-0.15, -0.1) is 0 Å². The van der Waals surface area contributed by atoms with Crippen LogP contribution < -0.4 is 15.2 Å². The third kappa shape index (κ3) is 9.84. The molecule has 5 unspecified atom stereocenters. The minimum Gasteiger partial charge on any atom is -0.480 e. The molecule has 1 rings (SSSR count). The van der Waals surface area contributed by atoms with Gasteiger partial charge in [0.1, 0.15) is 12.1 Å². The molecule has 0 spiro atoms. The van der Waals surface area contributed by atoms with Crippen molar-refractivity contribution in [3.05, 3.63) is 23.8 Å². The van der Waals surface area contributed by atoms with E-state index in [9.17, 15) is 24.3 Å². The number of rotatable bonds is 13. The number of carbonyl (C=O) groups excluding carboxylic acids is 3. The van der Waals surface area contributed by atoms with Crippen LogP contribution >= 0.6 is 0 Å². The summed E-state index contributed by atoms with van der Waals surface area (Å²) in [6.45, 7) is 17.7. The number of esters is 2. The van der Waals surface area contributed by atoms with Crippen LogP contribution in [0.2, 0.25) is 0 Å². The molecule has 1 aromatic rings. The third-order valence-electron chi connectivity index (χ3n) is 7.11. The number of carbonyl (C=O) groups is 4. The molecule has 0 amide bonds. The van der Waals surface area contributed by atoms with Gasteiger partial charge in [-0.25, -0.2) is 4.79 Å². The number of ether oxygens (including phenoxy) is 4. The van der Waals surface area contributed by atoms with Crippen molar-refractivity contribution >= 4 is 24.1 Å². The molecule has 10 heteroatoms. The van der Waals surface area contributed by atoms with Gasteiger partial charge in [-0.05, 0) is 50.3 Å². The zero-order valence-corrected chi connectivity index (χ0v) is 24.7. The monoisotopic (exact) mass is 551 g/mol. The fourth-order valence-corrected chi connectivity index (χ4v) is 3.61. The Kier molecular flexibility index (Phi) is 12.9. The van der Waals surface area contributed by atoms with Crippen molar-refractivity contribution in [3.63, 3.8) is 0 Å². The first kappa shape index (κ1) is 33.9. The van der Waals surface area contributed by atoms with E-state index in [1.54, 1.807) is 47.6 Å². The summed E-state index contributed by atoms with van der Waals surface area (Å²) in [6, 6.07) is 3.08. The zero-order valence-electron chi connectivity index (χ0n) is 24.7. The van der Waals surface area contributed by atoms with E-state index < -0.39 is 66.0 Å². The number of aliphatic carboxylic acids is 1. The summed E-state index contributed by atoms with van der Waals surface area (Å²) in [6.07, 6.45) is -2.05. The number of benzene rings is 1. The van der Waals surface area contributed by atoms with Gasteiger partial charge in [-0.2, -0.15) is 0 Å². The standard InChI is InChI=1S/C29H45NO9/c1-14(2)17(7)27(33)38-22-12-11-21(13-23(22)39-28(34)18(8)15(3)4)24(25(30)26(31)32)19(9)20(10)37-29(35)36-16(5)6/h11-20,24-25H,30H2,1-10H3,(H,31,32)/t17?,18?,19?,20?,24?,25-/m0/s1. The summed E-state index contributed by atoms with van der Waals surface area (Å²) < 4.78 is 21.7. The summed E-state index contributed by atoms with van der Waals surface area (Å²) in [4.78, 5) is 49.6. The molecule has 0 aliphatic heterocycles. The lowest BCUT2D eigenvalue weighted by atomic mass is 9.79.